The highest BCUT2D eigenvalue weighted by molar-refractivity contribution is 8.01. The van der Waals surface area contributed by atoms with Crippen LogP contribution >= 0.6 is 11.8 Å². The predicted molar refractivity (Wildman–Crippen MR) is 93.9 cm³/mol. The molecule has 0 aromatic carbocycles. The molecule has 3 fully saturated rings. The van der Waals surface area contributed by atoms with Crippen LogP contribution in [0.3, 0.4) is 0 Å². The van der Waals surface area contributed by atoms with E-state index in [-0.39, 0.29) is 5.91 Å². The summed E-state index contributed by atoms with van der Waals surface area (Å²) < 4.78 is 0.320. The predicted octanol–water partition coefficient (Wildman–Crippen LogP) is 2.58. The van der Waals surface area contributed by atoms with Crippen molar-refractivity contribution >= 4 is 17.7 Å². The molecule has 4 rings (SSSR count). The maximum absolute atomic E-state index is 12.6. The second-order valence-corrected chi connectivity index (χ2v) is 8.77. The molecular formula is C18H25N3OS. The molecule has 3 aliphatic heterocycles. The van der Waals surface area contributed by atoms with E-state index in [1.807, 2.05) is 24.0 Å². The number of piperidine rings is 1. The van der Waals surface area contributed by atoms with Gasteiger partial charge in [-0.3, -0.25) is 14.7 Å². The second kappa shape index (κ2) is 6.10. The lowest BCUT2D eigenvalue weighted by molar-refractivity contribution is 0.0512. The SMILES string of the molecule is Cc1cccnc1C(=O)N1CC2(CC(N3CCCCC3)CS2)C1. The molecule has 3 aliphatic rings. The Hall–Kier alpha value is -1.07. The number of hydrogen-bond acceptors (Lipinski definition) is 4. The third-order valence-electron chi connectivity index (χ3n) is 5.55. The van der Waals surface area contributed by atoms with Crippen molar-refractivity contribution in [3.05, 3.63) is 29.6 Å². The standard InChI is InChI=1S/C18H25N3OS/c1-14-6-5-7-19-16(14)17(22)21-12-18(13-21)10-15(11-23-18)20-8-3-2-4-9-20/h5-7,15H,2-4,8-13H2,1H3. The molecule has 1 aromatic rings. The lowest BCUT2D eigenvalue weighted by Gasteiger charge is -2.48. The first kappa shape index (κ1) is 15.5. The van der Waals surface area contributed by atoms with Crippen LogP contribution < -0.4 is 0 Å². The molecule has 1 spiro atoms. The summed E-state index contributed by atoms with van der Waals surface area (Å²) in [5.41, 5.74) is 1.60. The second-order valence-electron chi connectivity index (χ2n) is 7.28. The molecule has 1 unspecified atom stereocenters. The number of carbonyl (C=O) groups excluding carboxylic acids is 1. The maximum atomic E-state index is 12.6. The van der Waals surface area contributed by atoms with Crippen molar-refractivity contribution in [3.8, 4) is 0 Å². The molecule has 3 saturated heterocycles. The normalized spacial score (nSPS) is 27.2. The Kier molecular flexibility index (Phi) is 4.10. The third-order valence-corrected chi connectivity index (χ3v) is 7.14. The Morgan fingerprint density at radius 2 is 2.09 bits per heavy atom. The van der Waals surface area contributed by atoms with E-state index in [0.29, 0.717) is 10.4 Å². The van der Waals surface area contributed by atoms with Crippen LogP contribution in [0, 0.1) is 6.92 Å². The highest BCUT2D eigenvalue weighted by Gasteiger charge is 2.51. The van der Waals surface area contributed by atoms with Gasteiger partial charge in [0, 0.05) is 31.1 Å². The lowest BCUT2D eigenvalue weighted by atomic mass is 9.90. The Bertz CT molecular complexity index is 594. The van der Waals surface area contributed by atoms with Crippen molar-refractivity contribution in [1.29, 1.82) is 0 Å². The molecule has 124 valence electrons. The van der Waals surface area contributed by atoms with Gasteiger partial charge in [-0.2, -0.15) is 0 Å². The molecule has 23 heavy (non-hydrogen) atoms. The molecule has 0 aliphatic carbocycles. The van der Waals surface area contributed by atoms with Crippen LogP contribution in [0.5, 0.6) is 0 Å². The smallest absolute Gasteiger partial charge is 0.272 e. The minimum Gasteiger partial charge on any atom is -0.334 e. The van der Waals surface area contributed by atoms with Gasteiger partial charge in [-0.25, -0.2) is 0 Å². The molecule has 0 saturated carbocycles. The first-order valence-electron chi connectivity index (χ1n) is 8.76. The van der Waals surface area contributed by atoms with Crippen LogP contribution in [0.2, 0.25) is 0 Å². The van der Waals surface area contributed by atoms with E-state index in [4.69, 9.17) is 0 Å². The fraction of sp³-hybridized carbons (Fsp3) is 0.667. The number of aromatic nitrogens is 1. The van der Waals surface area contributed by atoms with Crippen LogP contribution in [0.25, 0.3) is 0 Å². The minimum atomic E-state index is 0.107. The van der Waals surface area contributed by atoms with Gasteiger partial charge < -0.3 is 4.90 Å². The Morgan fingerprint density at radius 1 is 1.30 bits per heavy atom. The van der Waals surface area contributed by atoms with Crippen LogP contribution in [-0.2, 0) is 0 Å². The van der Waals surface area contributed by atoms with E-state index < -0.39 is 0 Å². The summed E-state index contributed by atoms with van der Waals surface area (Å²) in [6, 6.07) is 4.58. The van der Waals surface area contributed by atoms with Gasteiger partial charge in [-0.05, 0) is 50.9 Å². The Morgan fingerprint density at radius 3 is 2.83 bits per heavy atom. The summed E-state index contributed by atoms with van der Waals surface area (Å²) in [6.07, 6.45) is 7.08. The number of amides is 1. The van der Waals surface area contributed by atoms with Crippen LogP contribution in [0.1, 0.15) is 41.7 Å². The zero-order chi connectivity index (χ0) is 15.9. The summed E-state index contributed by atoms with van der Waals surface area (Å²) in [7, 11) is 0. The lowest BCUT2D eigenvalue weighted by Crippen LogP contribution is -2.61. The molecule has 1 atom stereocenters. The third kappa shape index (κ3) is 2.89. The molecule has 1 amide bonds. The quantitative estimate of drug-likeness (QED) is 0.835. The Balaban J connectivity index is 1.36. The van der Waals surface area contributed by atoms with Gasteiger partial charge in [0.15, 0.2) is 0 Å². The van der Waals surface area contributed by atoms with Crippen LogP contribution in [0.4, 0.5) is 0 Å². The topological polar surface area (TPSA) is 36.4 Å². The first-order valence-corrected chi connectivity index (χ1v) is 9.74. The van der Waals surface area contributed by atoms with Crippen LogP contribution in [0.15, 0.2) is 18.3 Å². The van der Waals surface area contributed by atoms with E-state index in [2.05, 4.69) is 21.6 Å². The van der Waals surface area contributed by atoms with Crippen molar-refractivity contribution in [2.45, 2.75) is 43.4 Å². The van der Waals surface area contributed by atoms with Crippen molar-refractivity contribution in [2.24, 2.45) is 0 Å². The Labute approximate surface area is 142 Å². The number of pyridine rings is 1. The van der Waals surface area contributed by atoms with Crippen molar-refractivity contribution in [3.63, 3.8) is 0 Å². The van der Waals surface area contributed by atoms with Gasteiger partial charge in [-0.15, -0.1) is 11.8 Å². The summed E-state index contributed by atoms with van der Waals surface area (Å²) in [5.74, 6) is 1.35. The zero-order valence-corrected chi connectivity index (χ0v) is 14.6. The molecule has 4 heterocycles. The number of nitrogens with zero attached hydrogens (tertiary/aromatic N) is 3. The van der Waals surface area contributed by atoms with Crippen molar-refractivity contribution in [2.75, 3.05) is 31.9 Å². The average Bonchev–Trinajstić information content (AvgIpc) is 3.00. The molecular weight excluding hydrogens is 306 g/mol. The van der Waals surface area contributed by atoms with E-state index in [0.717, 1.165) is 24.7 Å². The van der Waals surface area contributed by atoms with Gasteiger partial charge in [-0.1, -0.05) is 12.5 Å². The fourth-order valence-electron chi connectivity index (χ4n) is 4.21. The van der Waals surface area contributed by atoms with Crippen molar-refractivity contribution in [1.82, 2.24) is 14.8 Å². The molecule has 4 nitrogen and oxygen atoms in total. The summed E-state index contributed by atoms with van der Waals surface area (Å²) in [5, 5.41) is 0. The van der Waals surface area contributed by atoms with Gasteiger partial charge in [0.2, 0.25) is 0 Å². The van der Waals surface area contributed by atoms with Crippen molar-refractivity contribution < 1.29 is 4.79 Å². The molecule has 0 radical (unpaired) electrons. The first-order chi connectivity index (χ1) is 11.2. The van der Waals surface area contributed by atoms with E-state index >= 15 is 0 Å². The van der Waals surface area contributed by atoms with Gasteiger partial charge in [0.1, 0.15) is 5.69 Å². The van der Waals surface area contributed by atoms with E-state index in [1.165, 1.54) is 44.5 Å². The van der Waals surface area contributed by atoms with Gasteiger partial charge >= 0.3 is 0 Å². The minimum absolute atomic E-state index is 0.107. The van der Waals surface area contributed by atoms with Crippen LogP contribution in [-0.4, -0.2) is 63.4 Å². The van der Waals surface area contributed by atoms with Gasteiger partial charge in [0.05, 0.1) is 4.75 Å². The maximum Gasteiger partial charge on any atom is 0.272 e. The molecule has 5 heteroatoms. The number of carbonyl (C=O) groups is 1. The highest BCUT2D eigenvalue weighted by atomic mass is 32.2. The monoisotopic (exact) mass is 331 g/mol. The van der Waals surface area contributed by atoms with E-state index in [9.17, 15) is 4.79 Å². The van der Waals surface area contributed by atoms with Gasteiger partial charge in [0.25, 0.3) is 5.91 Å². The molecule has 0 N–H and O–H groups in total. The fourth-order valence-corrected chi connectivity index (χ4v) is 5.89. The zero-order valence-electron chi connectivity index (χ0n) is 13.8. The molecule has 1 aromatic heterocycles. The number of rotatable bonds is 2. The number of thioether (sulfide) groups is 1. The average molecular weight is 331 g/mol. The largest absolute Gasteiger partial charge is 0.334 e. The number of hydrogen-bond donors (Lipinski definition) is 0. The number of likely N-dealkylation sites (tertiary alicyclic amines) is 2. The highest BCUT2D eigenvalue weighted by Crippen LogP contribution is 2.47. The molecule has 0 bridgehead atoms. The number of aryl methyl sites for hydroxylation is 1. The summed E-state index contributed by atoms with van der Waals surface area (Å²) in [4.78, 5) is 21.6. The summed E-state index contributed by atoms with van der Waals surface area (Å²) in [6.45, 7) is 6.31. The summed E-state index contributed by atoms with van der Waals surface area (Å²) >= 11 is 2.10. The van der Waals surface area contributed by atoms with E-state index in [1.54, 1.807) is 6.20 Å².